The molecular weight excluding hydrogens is 318 g/mol. The molecule has 0 saturated heterocycles. The van der Waals surface area contributed by atoms with Gasteiger partial charge >= 0.3 is 0 Å². The van der Waals surface area contributed by atoms with Crippen molar-refractivity contribution in [3.63, 3.8) is 0 Å². The molecule has 118 valence electrons. The van der Waals surface area contributed by atoms with Crippen LogP contribution in [0.2, 0.25) is 0 Å². The Hall–Kier alpha value is -1.73. The molecule has 0 fully saturated rings. The number of likely N-dealkylation sites (N-methyl/N-ethyl adjacent to an activating group) is 1. The molecule has 0 aromatic carbocycles. The van der Waals surface area contributed by atoms with Crippen LogP contribution in [0.4, 0.5) is 0 Å². The molecule has 5 nitrogen and oxygen atoms in total. The van der Waals surface area contributed by atoms with Crippen LogP contribution in [0.25, 0.3) is 0 Å². The number of carbonyl (C=O) groups is 2. The zero-order chi connectivity index (χ0) is 16.3. The first-order valence-electron chi connectivity index (χ1n) is 6.85. The minimum absolute atomic E-state index is 0.134. The lowest BCUT2D eigenvalue weighted by Crippen LogP contribution is -2.55. The number of aromatic nitrogens is 1. The average molecular weight is 337 g/mol. The van der Waals surface area contributed by atoms with Gasteiger partial charge in [0.2, 0.25) is 5.91 Å². The third-order valence-corrected chi connectivity index (χ3v) is 5.23. The molecule has 0 saturated carbocycles. The van der Waals surface area contributed by atoms with Crippen molar-refractivity contribution < 1.29 is 9.59 Å². The van der Waals surface area contributed by atoms with E-state index in [2.05, 4.69) is 10.3 Å². The van der Waals surface area contributed by atoms with Crippen molar-refractivity contribution in [1.82, 2.24) is 15.2 Å². The van der Waals surface area contributed by atoms with Gasteiger partial charge in [0.25, 0.3) is 5.91 Å². The van der Waals surface area contributed by atoms with E-state index < -0.39 is 5.54 Å². The fourth-order valence-corrected chi connectivity index (χ4v) is 3.39. The molecule has 2 aromatic rings. The number of rotatable bonds is 5. The van der Waals surface area contributed by atoms with Crippen LogP contribution in [0, 0.1) is 0 Å². The van der Waals surface area contributed by atoms with Crippen LogP contribution in [0.3, 0.4) is 0 Å². The summed E-state index contributed by atoms with van der Waals surface area (Å²) >= 11 is 2.86. The van der Waals surface area contributed by atoms with E-state index in [9.17, 15) is 9.59 Å². The van der Waals surface area contributed by atoms with E-state index >= 15 is 0 Å². The van der Waals surface area contributed by atoms with E-state index in [0.29, 0.717) is 4.88 Å². The summed E-state index contributed by atoms with van der Waals surface area (Å²) in [4.78, 5) is 31.3. The highest BCUT2D eigenvalue weighted by molar-refractivity contribution is 7.12. The first kappa shape index (κ1) is 16.6. The minimum atomic E-state index is -0.985. The highest BCUT2D eigenvalue weighted by atomic mass is 32.1. The van der Waals surface area contributed by atoms with Crippen LogP contribution in [-0.4, -0.2) is 34.3 Å². The smallest absolute Gasteiger partial charge is 0.262 e. The van der Waals surface area contributed by atoms with Crippen LogP contribution >= 0.6 is 22.7 Å². The summed E-state index contributed by atoms with van der Waals surface area (Å²) in [6.45, 7) is 5.35. The van der Waals surface area contributed by atoms with Gasteiger partial charge in [-0.15, -0.1) is 22.7 Å². The number of hydrogen-bond acceptors (Lipinski definition) is 5. The fourth-order valence-electron chi connectivity index (χ4n) is 2.03. The molecular formula is C15H19N3O2S2. The van der Waals surface area contributed by atoms with Gasteiger partial charge in [0.1, 0.15) is 10.5 Å². The molecule has 22 heavy (non-hydrogen) atoms. The van der Waals surface area contributed by atoms with Gasteiger partial charge in [0.15, 0.2) is 0 Å². The third-order valence-electron chi connectivity index (χ3n) is 3.42. The van der Waals surface area contributed by atoms with Crippen LogP contribution < -0.4 is 5.32 Å². The topological polar surface area (TPSA) is 62.3 Å². The Morgan fingerprint density at radius 1 is 1.32 bits per heavy atom. The molecule has 2 aromatic heterocycles. The highest BCUT2D eigenvalue weighted by Gasteiger charge is 2.35. The number of nitrogens with zero attached hydrogens (tertiary/aromatic N) is 2. The molecule has 7 heteroatoms. The number of thiazole rings is 1. The fraction of sp³-hybridized carbons (Fsp3) is 0.400. The van der Waals surface area contributed by atoms with Gasteiger partial charge in [0.05, 0.1) is 10.9 Å². The van der Waals surface area contributed by atoms with Crippen LogP contribution in [0.5, 0.6) is 0 Å². The van der Waals surface area contributed by atoms with Crippen molar-refractivity contribution in [3.8, 4) is 0 Å². The monoisotopic (exact) mass is 337 g/mol. The van der Waals surface area contributed by atoms with E-state index in [-0.39, 0.29) is 17.9 Å². The second-order valence-corrected chi connectivity index (χ2v) is 7.39. The van der Waals surface area contributed by atoms with Gasteiger partial charge in [-0.3, -0.25) is 9.59 Å². The van der Waals surface area contributed by atoms with Crippen molar-refractivity contribution >= 4 is 34.5 Å². The molecule has 2 rings (SSSR count). The Kier molecular flexibility index (Phi) is 4.97. The van der Waals surface area contributed by atoms with Crippen molar-refractivity contribution in [2.24, 2.45) is 0 Å². The summed E-state index contributed by atoms with van der Waals surface area (Å²) < 4.78 is 0. The molecule has 0 aliphatic carbocycles. The molecule has 0 aliphatic rings. The van der Waals surface area contributed by atoms with Gasteiger partial charge in [-0.1, -0.05) is 6.07 Å². The maximum atomic E-state index is 12.7. The molecule has 2 heterocycles. The Labute approximate surface area is 138 Å². The maximum Gasteiger partial charge on any atom is 0.262 e. The van der Waals surface area contributed by atoms with E-state index in [1.807, 2.05) is 23.8 Å². The summed E-state index contributed by atoms with van der Waals surface area (Å²) in [5.41, 5.74) is -0.985. The molecule has 1 unspecified atom stereocenters. The predicted octanol–water partition coefficient (Wildman–Crippen LogP) is 2.93. The Morgan fingerprint density at radius 3 is 2.59 bits per heavy atom. The largest absolute Gasteiger partial charge is 0.337 e. The minimum Gasteiger partial charge on any atom is -0.337 e. The number of hydrogen-bond donors (Lipinski definition) is 1. The zero-order valence-corrected chi connectivity index (χ0v) is 14.6. The van der Waals surface area contributed by atoms with Gasteiger partial charge in [0, 0.05) is 18.6 Å². The summed E-state index contributed by atoms with van der Waals surface area (Å²) in [6, 6.07) is 3.42. The lowest BCUT2D eigenvalue weighted by molar-refractivity contribution is -0.137. The van der Waals surface area contributed by atoms with Gasteiger partial charge in [-0.25, -0.2) is 4.98 Å². The Morgan fingerprint density at radius 2 is 2.05 bits per heavy atom. The number of thiophene rings is 1. The van der Waals surface area contributed by atoms with Crippen molar-refractivity contribution in [2.45, 2.75) is 32.4 Å². The molecule has 0 spiro atoms. The second kappa shape index (κ2) is 6.58. The second-order valence-electron chi connectivity index (χ2n) is 5.52. The Bertz CT molecular complexity index is 636. The molecule has 0 radical (unpaired) electrons. The van der Waals surface area contributed by atoms with Crippen molar-refractivity contribution in [1.29, 1.82) is 0 Å². The lowest BCUT2D eigenvalue weighted by atomic mass is 10.0. The molecule has 1 N–H and O–H groups in total. The summed E-state index contributed by atoms with van der Waals surface area (Å²) in [5, 5.41) is 7.39. The average Bonchev–Trinajstić information content (AvgIpc) is 3.16. The predicted molar refractivity (Wildman–Crippen MR) is 89.2 cm³/mol. The van der Waals surface area contributed by atoms with Crippen molar-refractivity contribution in [2.75, 3.05) is 7.05 Å². The van der Waals surface area contributed by atoms with E-state index in [4.69, 9.17) is 0 Å². The molecule has 1 atom stereocenters. The van der Waals surface area contributed by atoms with Crippen LogP contribution in [-0.2, 0) is 4.79 Å². The summed E-state index contributed by atoms with van der Waals surface area (Å²) in [5.74, 6) is -0.385. The van der Waals surface area contributed by atoms with Crippen LogP contribution in [0.15, 0.2) is 29.1 Å². The molecule has 2 amide bonds. The van der Waals surface area contributed by atoms with E-state index in [1.54, 1.807) is 38.1 Å². The van der Waals surface area contributed by atoms with E-state index in [0.717, 1.165) is 5.01 Å². The summed E-state index contributed by atoms with van der Waals surface area (Å²) in [7, 11) is 1.73. The SMILES string of the molecule is CC(c1nccs1)N(C)C(=O)C(C)(C)NC(=O)c1cccs1. The standard InChI is InChI=1S/C15H19N3O2S2/c1-10(13-16-7-9-22-13)18(4)14(20)15(2,3)17-12(19)11-6-5-8-21-11/h5-10H,1-4H3,(H,17,19). The number of carbonyl (C=O) groups excluding carboxylic acids is 2. The first-order chi connectivity index (χ1) is 10.3. The summed E-state index contributed by atoms with van der Waals surface area (Å²) in [6.07, 6.45) is 1.72. The Balaban J connectivity index is 2.07. The van der Waals surface area contributed by atoms with Gasteiger partial charge in [-0.2, -0.15) is 0 Å². The van der Waals surface area contributed by atoms with E-state index in [1.165, 1.54) is 22.7 Å². The number of nitrogens with one attached hydrogen (secondary N) is 1. The van der Waals surface area contributed by atoms with Gasteiger partial charge in [-0.05, 0) is 32.2 Å². The quantitative estimate of drug-likeness (QED) is 0.912. The van der Waals surface area contributed by atoms with Crippen molar-refractivity contribution in [3.05, 3.63) is 39.0 Å². The normalized spacial score (nSPS) is 12.7. The molecule has 0 bridgehead atoms. The van der Waals surface area contributed by atoms with Crippen LogP contribution in [0.1, 0.15) is 41.5 Å². The first-order valence-corrected chi connectivity index (χ1v) is 8.61. The molecule has 0 aliphatic heterocycles. The third kappa shape index (κ3) is 3.53. The number of amides is 2. The lowest BCUT2D eigenvalue weighted by Gasteiger charge is -2.33. The highest BCUT2D eigenvalue weighted by Crippen LogP contribution is 2.23. The van der Waals surface area contributed by atoms with Gasteiger partial charge < -0.3 is 10.2 Å². The maximum absolute atomic E-state index is 12.7. The zero-order valence-electron chi connectivity index (χ0n) is 13.0.